The monoisotopic (exact) mass is 332 g/mol. The predicted octanol–water partition coefficient (Wildman–Crippen LogP) is 0.370. The highest BCUT2D eigenvalue weighted by atomic mass is 32.2. The number of sulfonamides is 1. The van der Waals surface area contributed by atoms with Crippen LogP contribution in [0.25, 0.3) is 0 Å². The van der Waals surface area contributed by atoms with E-state index in [1.807, 2.05) is 0 Å². The van der Waals surface area contributed by atoms with Gasteiger partial charge in [0.25, 0.3) is 0 Å². The zero-order valence-electron chi connectivity index (χ0n) is 13.1. The first kappa shape index (κ1) is 17.2. The molecule has 2 rings (SSSR count). The maximum absolute atomic E-state index is 12.4. The smallest absolute Gasteiger partial charge is 0.307 e. The van der Waals surface area contributed by atoms with E-state index < -0.39 is 27.8 Å². The van der Waals surface area contributed by atoms with Crippen LogP contribution in [-0.2, 0) is 19.6 Å². The lowest BCUT2D eigenvalue weighted by atomic mass is 9.72. The molecule has 1 saturated carbocycles. The van der Waals surface area contributed by atoms with E-state index in [0.29, 0.717) is 38.8 Å². The van der Waals surface area contributed by atoms with Crippen LogP contribution in [0.15, 0.2) is 0 Å². The molecule has 1 amide bonds. The number of hydrogen-bond donors (Lipinski definition) is 1. The van der Waals surface area contributed by atoms with Crippen LogP contribution >= 0.6 is 0 Å². The first-order valence-electron chi connectivity index (χ1n) is 7.75. The van der Waals surface area contributed by atoms with Crippen LogP contribution in [0, 0.1) is 11.8 Å². The van der Waals surface area contributed by atoms with E-state index in [1.165, 1.54) is 4.31 Å². The van der Waals surface area contributed by atoms with Gasteiger partial charge in [-0.05, 0) is 32.6 Å². The summed E-state index contributed by atoms with van der Waals surface area (Å²) in [6.07, 6.45) is 2.41. The summed E-state index contributed by atoms with van der Waals surface area (Å²) in [4.78, 5) is 25.1. The molecule has 0 radical (unpaired) electrons. The first-order valence-corrected chi connectivity index (χ1v) is 9.36. The van der Waals surface area contributed by atoms with Crippen molar-refractivity contribution in [3.8, 4) is 0 Å². The fourth-order valence-electron chi connectivity index (χ4n) is 3.21. The molecule has 0 bridgehead atoms. The van der Waals surface area contributed by atoms with Crippen molar-refractivity contribution in [1.29, 1.82) is 0 Å². The maximum atomic E-state index is 12.4. The molecule has 2 fully saturated rings. The predicted molar refractivity (Wildman–Crippen MR) is 80.7 cm³/mol. The van der Waals surface area contributed by atoms with E-state index in [9.17, 15) is 18.0 Å². The Kier molecular flexibility index (Phi) is 5.11. The molecule has 126 valence electrons. The number of nitrogens with zero attached hydrogens (tertiary/aromatic N) is 2. The van der Waals surface area contributed by atoms with Crippen molar-refractivity contribution in [3.63, 3.8) is 0 Å². The molecule has 2 aliphatic rings. The molecule has 2 unspecified atom stereocenters. The van der Waals surface area contributed by atoms with Crippen LogP contribution in [0.3, 0.4) is 0 Å². The van der Waals surface area contributed by atoms with Crippen molar-refractivity contribution < 1.29 is 23.1 Å². The molecule has 8 heteroatoms. The van der Waals surface area contributed by atoms with Gasteiger partial charge >= 0.3 is 5.97 Å². The Morgan fingerprint density at radius 1 is 1.14 bits per heavy atom. The first-order chi connectivity index (χ1) is 10.3. The lowest BCUT2D eigenvalue weighted by Crippen LogP contribution is -2.51. The highest BCUT2D eigenvalue weighted by Crippen LogP contribution is 2.36. The molecule has 0 aromatic carbocycles. The van der Waals surface area contributed by atoms with E-state index >= 15 is 0 Å². The second-order valence-electron chi connectivity index (χ2n) is 6.10. The highest BCUT2D eigenvalue weighted by Gasteiger charge is 2.44. The Bertz CT molecular complexity index is 539. The molecule has 2 atom stereocenters. The summed E-state index contributed by atoms with van der Waals surface area (Å²) in [5.41, 5.74) is 0. The summed E-state index contributed by atoms with van der Waals surface area (Å²) in [6.45, 7) is 2.61. The lowest BCUT2D eigenvalue weighted by Gasteiger charge is -2.40. The summed E-state index contributed by atoms with van der Waals surface area (Å²) in [5.74, 6) is -1.85. The second kappa shape index (κ2) is 6.54. The average molecular weight is 332 g/mol. The van der Waals surface area contributed by atoms with Gasteiger partial charge in [0.1, 0.15) is 0 Å². The standard InChI is InChI=1S/C14H24N2O5S/c1-3-22(20,21)15(2)10-6-8-16(9-7-10)13(17)11-4-5-12(11)14(18)19/h10-12H,3-9H2,1-2H3,(H,18,19). The fourth-order valence-corrected chi connectivity index (χ4v) is 4.28. The minimum absolute atomic E-state index is 0.0744. The van der Waals surface area contributed by atoms with Crippen LogP contribution in [-0.4, -0.2) is 66.5 Å². The van der Waals surface area contributed by atoms with Gasteiger partial charge in [-0.3, -0.25) is 9.59 Å². The summed E-state index contributed by atoms with van der Waals surface area (Å²) < 4.78 is 25.2. The molecule has 1 aliphatic carbocycles. The van der Waals surface area contributed by atoms with Crippen molar-refractivity contribution in [2.24, 2.45) is 11.8 Å². The van der Waals surface area contributed by atoms with Gasteiger partial charge in [0.15, 0.2) is 0 Å². The minimum atomic E-state index is -3.21. The molecule has 0 aromatic heterocycles. The fraction of sp³-hybridized carbons (Fsp3) is 0.857. The van der Waals surface area contributed by atoms with Gasteiger partial charge in [0.2, 0.25) is 15.9 Å². The van der Waals surface area contributed by atoms with Gasteiger partial charge < -0.3 is 10.0 Å². The number of rotatable bonds is 5. The SMILES string of the molecule is CCS(=O)(=O)N(C)C1CCN(C(=O)C2CCC2C(=O)O)CC1. The molecule has 7 nitrogen and oxygen atoms in total. The molecule has 1 saturated heterocycles. The van der Waals surface area contributed by atoms with Gasteiger partial charge in [-0.2, -0.15) is 0 Å². The number of piperidine rings is 1. The summed E-state index contributed by atoms with van der Waals surface area (Å²) in [6, 6.07) is -0.0781. The van der Waals surface area contributed by atoms with Crippen LogP contribution in [0.5, 0.6) is 0 Å². The summed E-state index contributed by atoms with van der Waals surface area (Å²) >= 11 is 0. The van der Waals surface area contributed by atoms with Crippen LogP contribution in [0.1, 0.15) is 32.6 Å². The number of carboxylic acids is 1. The van der Waals surface area contributed by atoms with Crippen LogP contribution in [0.2, 0.25) is 0 Å². The largest absolute Gasteiger partial charge is 0.481 e. The Balaban J connectivity index is 1.90. The highest BCUT2D eigenvalue weighted by molar-refractivity contribution is 7.89. The van der Waals surface area contributed by atoms with Crippen molar-refractivity contribution >= 4 is 21.9 Å². The Morgan fingerprint density at radius 2 is 1.68 bits per heavy atom. The van der Waals surface area contributed by atoms with Crippen LogP contribution < -0.4 is 0 Å². The molecule has 1 aliphatic heterocycles. The topological polar surface area (TPSA) is 95.0 Å². The zero-order valence-corrected chi connectivity index (χ0v) is 13.9. The number of likely N-dealkylation sites (tertiary alicyclic amines) is 1. The normalized spacial score (nSPS) is 26.8. The maximum Gasteiger partial charge on any atom is 0.307 e. The Labute approximate surface area is 131 Å². The third-order valence-corrected chi connectivity index (χ3v) is 6.91. The number of hydrogen-bond acceptors (Lipinski definition) is 4. The second-order valence-corrected chi connectivity index (χ2v) is 8.42. The van der Waals surface area contributed by atoms with E-state index in [1.54, 1.807) is 18.9 Å². The van der Waals surface area contributed by atoms with Gasteiger partial charge in [-0.15, -0.1) is 0 Å². The Hall–Kier alpha value is -1.15. The molecule has 22 heavy (non-hydrogen) atoms. The minimum Gasteiger partial charge on any atom is -0.481 e. The van der Waals surface area contributed by atoms with E-state index in [4.69, 9.17) is 5.11 Å². The number of aliphatic carboxylic acids is 1. The van der Waals surface area contributed by atoms with E-state index in [0.717, 1.165) is 0 Å². The quantitative estimate of drug-likeness (QED) is 0.785. The van der Waals surface area contributed by atoms with Crippen LogP contribution in [0.4, 0.5) is 0 Å². The molecule has 1 N–H and O–H groups in total. The molecule has 0 aromatic rings. The van der Waals surface area contributed by atoms with Gasteiger partial charge in [-0.25, -0.2) is 12.7 Å². The van der Waals surface area contributed by atoms with Gasteiger partial charge in [0, 0.05) is 26.2 Å². The van der Waals surface area contributed by atoms with Crippen molar-refractivity contribution in [1.82, 2.24) is 9.21 Å². The lowest BCUT2D eigenvalue weighted by molar-refractivity contribution is -0.157. The third-order valence-electron chi connectivity index (χ3n) is 5.00. The number of carboxylic acid groups (broad SMARTS) is 1. The molecular weight excluding hydrogens is 308 g/mol. The average Bonchev–Trinajstić information content (AvgIpc) is 2.44. The number of amides is 1. The molecule has 0 spiro atoms. The molecule has 1 heterocycles. The number of carbonyl (C=O) groups excluding carboxylic acids is 1. The third kappa shape index (κ3) is 3.27. The summed E-state index contributed by atoms with van der Waals surface area (Å²) in [7, 11) is -1.62. The van der Waals surface area contributed by atoms with Crippen molar-refractivity contribution in [2.75, 3.05) is 25.9 Å². The van der Waals surface area contributed by atoms with Gasteiger partial charge in [0.05, 0.1) is 17.6 Å². The van der Waals surface area contributed by atoms with Crippen molar-refractivity contribution in [3.05, 3.63) is 0 Å². The van der Waals surface area contributed by atoms with Crippen molar-refractivity contribution in [2.45, 2.75) is 38.6 Å². The van der Waals surface area contributed by atoms with E-state index in [2.05, 4.69) is 0 Å². The Morgan fingerprint density at radius 3 is 2.09 bits per heavy atom. The van der Waals surface area contributed by atoms with Gasteiger partial charge in [-0.1, -0.05) is 0 Å². The zero-order chi connectivity index (χ0) is 16.5. The molecular formula is C14H24N2O5S. The number of carbonyl (C=O) groups is 2. The summed E-state index contributed by atoms with van der Waals surface area (Å²) in [5, 5.41) is 9.04. The van der Waals surface area contributed by atoms with E-state index in [-0.39, 0.29) is 17.7 Å².